The first-order valence-corrected chi connectivity index (χ1v) is 11.0. The highest BCUT2D eigenvalue weighted by Gasteiger charge is 2.27. The summed E-state index contributed by atoms with van der Waals surface area (Å²) < 4.78 is 49.9. The fourth-order valence-corrected chi connectivity index (χ4v) is 3.88. The van der Waals surface area contributed by atoms with Crippen molar-refractivity contribution in [3.05, 3.63) is 53.8 Å². The SMILES string of the molecule is CCCCOC(=O)c1ccc(NC(=O)CN(C)S(=O)(=O)c2cc(F)ccc2OC)cc1. The first-order chi connectivity index (χ1) is 14.7. The number of hydrogen-bond donors (Lipinski definition) is 1. The molecule has 31 heavy (non-hydrogen) atoms. The molecule has 0 unspecified atom stereocenters. The van der Waals surface area contributed by atoms with Gasteiger partial charge in [-0.15, -0.1) is 0 Å². The van der Waals surface area contributed by atoms with Crippen LogP contribution in [0.3, 0.4) is 0 Å². The second-order valence-electron chi connectivity index (χ2n) is 6.67. The van der Waals surface area contributed by atoms with E-state index in [1.165, 1.54) is 44.5 Å². The molecule has 8 nitrogen and oxygen atoms in total. The predicted molar refractivity (Wildman–Crippen MR) is 113 cm³/mol. The molecular weight excluding hydrogens is 427 g/mol. The maximum atomic E-state index is 13.6. The van der Waals surface area contributed by atoms with Gasteiger partial charge in [-0.05, 0) is 48.9 Å². The Balaban J connectivity index is 2.02. The number of anilines is 1. The molecule has 2 aromatic rings. The van der Waals surface area contributed by atoms with Crippen LogP contribution >= 0.6 is 0 Å². The molecule has 0 saturated carbocycles. The van der Waals surface area contributed by atoms with Crippen LogP contribution in [0.4, 0.5) is 10.1 Å². The second kappa shape index (κ2) is 10.9. The molecule has 0 aliphatic carbocycles. The molecule has 0 spiro atoms. The van der Waals surface area contributed by atoms with E-state index in [1.54, 1.807) is 0 Å². The molecule has 0 bridgehead atoms. The summed E-state index contributed by atoms with van der Waals surface area (Å²) in [6, 6.07) is 9.14. The molecule has 0 aliphatic heterocycles. The van der Waals surface area contributed by atoms with Gasteiger partial charge in [0.05, 0.1) is 25.8 Å². The lowest BCUT2D eigenvalue weighted by Crippen LogP contribution is -2.35. The minimum atomic E-state index is -4.17. The number of likely N-dealkylation sites (N-methyl/N-ethyl adjacent to an activating group) is 1. The smallest absolute Gasteiger partial charge is 0.338 e. The van der Waals surface area contributed by atoms with Gasteiger partial charge in [-0.25, -0.2) is 17.6 Å². The number of unbranched alkanes of at least 4 members (excludes halogenated alkanes) is 1. The number of amides is 1. The number of esters is 1. The number of carbonyl (C=O) groups is 2. The fraction of sp³-hybridized carbons (Fsp3) is 0.333. The summed E-state index contributed by atoms with van der Waals surface area (Å²) in [7, 11) is -1.71. The van der Waals surface area contributed by atoms with Crippen LogP contribution in [-0.2, 0) is 19.6 Å². The second-order valence-corrected chi connectivity index (χ2v) is 8.68. The number of rotatable bonds is 10. The zero-order chi connectivity index (χ0) is 23.0. The molecule has 10 heteroatoms. The largest absolute Gasteiger partial charge is 0.495 e. The summed E-state index contributed by atoms with van der Waals surface area (Å²) in [6.07, 6.45) is 1.69. The van der Waals surface area contributed by atoms with Crippen molar-refractivity contribution in [2.24, 2.45) is 0 Å². The maximum Gasteiger partial charge on any atom is 0.338 e. The van der Waals surface area contributed by atoms with E-state index in [0.29, 0.717) is 17.9 Å². The highest BCUT2D eigenvalue weighted by Crippen LogP contribution is 2.26. The Kier molecular flexibility index (Phi) is 8.52. The molecule has 1 amide bonds. The molecule has 0 saturated heterocycles. The topological polar surface area (TPSA) is 102 Å². The van der Waals surface area contributed by atoms with Crippen LogP contribution in [0.2, 0.25) is 0 Å². The molecule has 0 fully saturated rings. The van der Waals surface area contributed by atoms with Gasteiger partial charge in [0, 0.05) is 12.7 Å². The normalized spacial score (nSPS) is 11.3. The van der Waals surface area contributed by atoms with Crippen LogP contribution in [0.25, 0.3) is 0 Å². The van der Waals surface area contributed by atoms with E-state index in [1.807, 2.05) is 6.92 Å². The lowest BCUT2D eigenvalue weighted by atomic mass is 10.2. The van der Waals surface area contributed by atoms with Crippen LogP contribution in [-0.4, -0.2) is 51.9 Å². The van der Waals surface area contributed by atoms with Gasteiger partial charge >= 0.3 is 5.97 Å². The van der Waals surface area contributed by atoms with Gasteiger partial charge in [-0.3, -0.25) is 4.79 Å². The van der Waals surface area contributed by atoms with Crippen molar-refractivity contribution in [2.75, 3.05) is 32.6 Å². The Morgan fingerprint density at radius 2 is 1.81 bits per heavy atom. The van der Waals surface area contributed by atoms with Gasteiger partial charge in [0.1, 0.15) is 16.5 Å². The van der Waals surface area contributed by atoms with Gasteiger partial charge in [0.15, 0.2) is 0 Å². The molecule has 168 valence electrons. The van der Waals surface area contributed by atoms with Gasteiger partial charge in [0.25, 0.3) is 0 Å². The van der Waals surface area contributed by atoms with E-state index in [2.05, 4.69) is 5.32 Å². The van der Waals surface area contributed by atoms with Crippen LogP contribution in [0, 0.1) is 5.82 Å². The summed E-state index contributed by atoms with van der Waals surface area (Å²) in [6.45, 7) is 1.82. The van der Waals surface area contributed by atoms with Crippen molar-refractivity contribution in [1.82, 2.24) is 4.31 Å². The number of ether oxygens (including phenoxy) is 2. The third kappa shape index (κ3) is 6.50. The van der Waals surface area contributed by atoms with Gasteiger partial charge in [-0.2, -0.15) is 4.31 Å². The highest BCUT2D eigenvalue weighted by molar-refractivity contribution is 7.89. The molecular formula is C21H25FN2O6S. The summed E-state index contributed by atoms with van der Waals surface area (Å²) in [5.41, 5.74) is 0.719. The highest BCUT2D eigenvalue weighted by atomic mass is 32.2. The van der Waals surface area contributed by atoms with Gasteiger partial charge < -0.3 is 14.8 Å². The van der Waals surface area contributed by atoms with Crippen molar-refractivity contribution in [1.29, 1.82) is 0 Å². The van der Waals surface area contributed by atoms with Crippen molar-refractivity contribution in [3.63, 3.8) is 0 Å². The third-order valence-electron chi connectivity index (χ3n) is 4.32. The standard InChI is InChI=1S/C21H25FN2O6S/c1-4-5-12-30-21(26)15-6-9-17(10-7-15)23-20(25)14-24(2)31(27,28)19-13-16(22)8-11-18(19)29-3/h6-11,13H,4-5,12,14H2,1-3H3,(H,23,25). The number of nitrogens with zero attached hydrogens (tertiary/aromatic N) is 1. The quantitative estimate of drug-likeness (QED) is 0.439. The fourth-order valence-electron chi connectivity index (χ4n) is 2.59. The van der Waals surface area contributed by atoms with Gasteiger partial charge in [-0.1, -0.05) is 13.3 Å². The van der Waals surface area contributed by atoms with E-state index in [9.17, 15) is 22.4 Å². The van der Waals surface area contributed by atoms with Crippen LogP contribution in [0.15, 0.2) is 47.4 Å². The Labute approximate surface area is 181 Å². The first kappa shape index (κ1) is 24.3. The molecule has 0 aliphatic rings. The Morgan fingerprint density at radius 3 is 2.42 bits per heavy atom. The van der Waals surface area contributed by atoms with Crippen molar-refractivity contribution in [2.45, 2.75) is 24.7 Å². The summed E-state index contributed by atoms with van der Waals surface area (Å²) in [5, 5.41) is 2.55. The van der Waals surface area contributed by atoms with Crippen LogP contribution in [0.1, 0.15) is 30.1 Å². The monoisotopic (exact) mass is 452 g/mol. The van der Waals surface area contributed by atoms with E-state index < -0.39 is 34.3 Å². The lowest BCUT2D eigenvalue weighted by molar-refractivity contribution is -0.116. The molecule has 0 heterocycles. The predicted octanol–water partition coefficient (Wildman–Crippen LogP) is 3.05. The van der Waals surface area contributed by atoms with E-state index in [0.717, 1.165) is 29.3 Å². The minimum Gasteiger partial charge on any atom is -0.495 e. The zero-order valence-corrected chi connectivity index (χ0v) is 18.4. The minimum absolute atomic E-state index is 0.0323. The number of methoxy groups -OCH3 is 1. The van der Waals surface area contributed by atoms with Gasteiger partial charge in [0.2, 0.25) is 15.9 Å². The number of benzene rings is 2. The first-order valence-electron chi connectivity index (χ1n) is 9.56. The molecule has 0 atom stereocenters. The number of nitrogens with one attached hydrogen (secondary N) is 1. The van der Waals surface area contributed by atoms with Crippen LogP contribution < -0.4 is 10.1 Å². The third-order valence-corrected chi connectivity index (χ3v) is 6.14. The maximum absolute atomic E-state index is 13.6. The average Bonchev–Trinajstić information content (AvgIpc) is 2.74. The molecule has 2 aromatic carbocycles. The molecule has 0 radical (unpaired) electrons. The van der Waals surface area contributed by atoms with Crippen LogP contribution in [0.5, 0.6) is 5.75 Å². The lowest BCUT2D eigenvalue weighted by Gasteiger charge is -2.18. The van der Waals surface area contributed by atoms with Crippen molar-refractivity contribution < 1.29 is 31.9 Å². The van der Waals surface area contributed by atoms with E-state index in [-0.39, 0.29) is 10.6 Å². The Bertz CT molecular complexity index is 1020. The summed E-state index contributed by atoms with van der Waals surface area (Å²) in [5.74, 6) is -1.85. The number of sulfonamides is 1. The number of halogens is 1. The Morgan fingerprint density at radius 1 is 1.13 bits per heavy atom. The number of hydrogen-bond acceptors (Lipinski definition) is 6. The number of carbonyl (C=O) groups excluding carboxylic acids is 2. The summed E-state index contributed by atoms with van der Waals surface area (Å²) in [4.78, 5) is 23.8. The molecule has 2 rings (SSSR count). The van der Waals surface area contributed by atoms with E-state index in [4.69, 9.17) is 9.47 Å². The average molecular weight is 453 g/mol. The zero-order valence-electron chi connectivity index (χ0n) is 17.6. The summed E-state index contributed by atoms with van der Waals surface area (Å²) >= 11 is 0. The van der Waals surface area contributed by atoms with E-state index >= 15 is 0 Å². The van der Waals surface area contributed by atoms with Crippen molar-refractivity contribution in [3.8, 4) is 5.75 Å². The Hall–Kier alpha value is -2.98. The molecule has 0 aromatic heterocycles. The molecule has 1 N–H and O–H groups in total. The van der Waals surface area contributed by atoms with Crippen molar-refractivity contribution >= 4 is 27.6 Å².